The van der Waals surface area contributed by atoms with Gasteiger partial charge in [-0.1, -0.05) is 30.3 Å². The van der Waals surface area contributed by atoms with Crippen LogP contribution < -0.4 is 4.91 Å². The molecular weight excluding hydrogens is 290 g/mol. The van der Waals surface area contributed by atoms with Gasteiger partial charge in [-0.15, -0.1) is 0 Å². The van der Waals surface area contributed by atoms with E-state index in [9.17, 15) is 5.11 Å². The zero-order chi connectivity index (χ0) is 15.5. The highest BCUT2D eigenvalue weighted by Crippen LogP contribution is 2.34. The Morgan fingerprint density at radius 2 is 2.09 bits per heavy atom. The first kappa shape index (κ1) is 15.2. The fourth-order valence-electron chi connectivity index (χ4n) is 2.74. The zero-order valence-electron chi connectivity index (χ0n) is 12.0. The monoisotopic (exact) mass is 308 g/mol. The minimum absolute atomic E-state index is 0.270. The summed E-state index contributed by atoms with van der Waals surface area (Å²) < 4.78 is 22.4. The summed E-state index contributed by atoms with van der Waals surface area (Å²) >= 11 is 0. The first-order valence-corrected chi connectivity index (χ1v) is 6.99. The highest BCUT2D eigenvalue weighted by Gasteiger charge is 2.51. The molecule has 0 aromatic heterocycles. The Kier molecular flexibility index (Phi) is 4.58. The molecule has 0 radical (unpaired) electrons. The van der Waals surface area contributed by atoms with E-state index in [0.717, 1.165) is 5.56 Å². The van der Waals surface area contributed by atoms with Crippen LogP contribution in [0.2, 0.25) is 0 Å². The van der Waals surface area contributed by atoms with E-state index in [2.05, 4.69) is 10.0 Å². The predicted molar refractivity (Wildman–Crippen MR) is 72.8 cm³/mol. The van der Waals surface area contributed by atoms with E-state index < -0.39 is 36.9 Å². The number of aliphatic hydroxyl groups is 1. The van der Waals surface area contributed by atoms with Crippen molar-refractivity contribution < 1.29 is 24.1 Å². The third kappa shape index (κ3) is 2.80. The number of aliphatic hydroxyl groups excluding tert-OH is 1. The van der Waals surface area contributed by atoms with E-state index in [0.29, 0.717) is 0 Å². The average molecular weight is 308 g/mol. The molecule has 8 nitrogen and oxygen atoms in total. The van der Waals surface area contributed by atoms with Gasteiger partial charge in [0.2, 0.25) is 11.0 Å². The van der Waals surface area contributed by atoms with Gasteiger partial charge < -0.3 is 24.1 Å². The topological polar surface area (TPSA) is 107 Å². The molecule has 0 spiro atoms. The van der Waals surface area contributed by atoms with Crippen molar-refractivity contribution in [2.45, 2.75) is 36.9 Å². The summed E-state index contributed by atoms with van der Waals surface area (Å²) in [7, 11) is 1.45. The van der Waals surface area contributed by atoms with Gasteiger partial charge >= 0.3 is 0 Å². The summed E-state index contributed by atoms with van der Waals surface area (Å²) in [6.45, 7) is 0.270. The standard InChI is InChI=1S/C14H18N3O5/c1-19-14-10(16-17-15)11(18)12-9(21-14)7-20-13(22-12)8-5-3-2-4-6-8/h2-6,9-15,18H,7H2,1H3/q+1. The number of fused-ring (bicyclic) bond motifs is 1. The second kappa shape index (κ2) is 6.62. The lowest BCUT2D eigenvalue weighted by Crippen LogP contribution is -2.61. The maximum atomic E-state index is 10.5. The number of ether oxygens (including phenoxy) is 4. The Labute approximate surface area is 127 Å². The maximum absolute atomic E-state index is 10.5. The van der Waals surface area contributed by atoms with Gasteiger partial charge in [-0.05, 0) is 0 Å². The third-order valence-corrected chi connectivity index (χ3v) is 3.83. The minimum Gasteiger partial charge on any atom is -0.388 e. The molecule has 6 atom stereocenters. The van der Waals surface area contributed by atoms with Gasteiger partial charge in [-0.25, -0.2) is 0 Å². The minimum atomic E-state index is -0.993. The second-order valence-corrected chi connectivity index (χ2v) is 5.15. The third-order valence-electron chi connectivity index (χ3n) is 3.83. The van der Waals surface area contributed by atoms with Crippen molar-refractivity contribution in [2.24, 2.45) is 5.11 Å². The first-order chi connectivity index (χ1) is 10.7. The van der Waals surface area contributed by atoms with Crippen LogP contribution in [0.1, 0.15) is 11.9 Å². The lowest BCUT2D eigenvalue weighted by atomic mass is 9.96. The van der Waals surface area contributed by atoms with Crippen LogP contribution in [0, 0.1) is 5.53 Å². The molecule has 0 bridgehead atoms. The molecule has 2 aliphatic rings. The fraction of sp³-hybridized carbons (Fsp3) is 0.571. The van der Waals surface area contributed by atoms with Gasteiger partial charge in [0.05, 0.1) is 6.61 Å². The van der Waals surface area contributed by atoms with E-state index in [-0.39, 0.29) is 6.61 Å². The lowest BCUT2D eigenvalue weighted by molar-refractivity contribution is -0.339. The molecular formula is C14H18N3O5+. The molecule has 2 aliphatic heterocycles. The molecule has 3 rings (SSSR count). The predicted octanol–water partition coefficient (Wildman–Crippen LogP) is 0.752. The van der Waals surface area contributed by atoms with Crippen molar-refractivity contribution in [2.75, 3.05) is 13.7 Å². The summed E-state index contributed by atoms with van der Waals surface area (Å²) in [5.74, 6) is 0. The zero-order valence-corrected chi connectivity index (χ0v) is 12.0. The van der Waals surface area contributed by atoms with Crippen LogP contribution in [0.3, 0.4) is 0 Å². The van der Waals surface area contributed by atoms with Crippen LogP contribution in [0.5, 0.6) is 0 Å². The number of nitrogens with one attached hydrogen (secondary N) is 1. The summed E-state index contributed by atoms with van der Waals surface area (Å²) in [6.07, 6.45) is -3.44. The van der Waals surface area contributed by atoms with Crippen molar-refractivity contribution in [3.8, 4) is 0 Å². The number of hydrogen-bond acceptors (Lipinski definition) is 7. The summed E-state index contributed by atoms with van der Waals surface area (Å²) in [4.78, 5) is 2.99. The van der Waals surface area contributed by atoms with Crippen molar-refractivity contribution in [3.63, 3.8) is 0 Å². The van der Waals surface area contributed by atoms with Gasteiger partial charge in [0.1, 0.15) is 29.0 Å². The fourth-order valence-corrected chi connectivity index (χ4v) is 2.74. The van der Waals surface area contributed by atoms with Crippen LogP contribution in [0.4, 0.5) is 0 Å². The summed E-state index contributed by atoms with van der Waals surface area (Å²) in [6, 6.07) is 8.65. The number of methoxy groups -OCH3 is 1. The average Bonchev–Trinajstić information content (AvgIpc) is 2.58. The molecule has 2 N–H and O–H groups in total. The van der Waals surface area contributed by atoms with Crippen LogP contribution in [0.25, 0.3) is 0 Å². The number of rotatable bonds is 3. The van der Waals surface area contributed by atoms with Crippen molar-refractivity contribution in [1.29, 1.82) is 5.53 Å². The van der Waals surface area contributed by atoms with Gasteiger partial charge in [-0.3, -0.25) is 0 Å². The Hall–Kier alpha value is -1.67. The van der Waals surface area contributed by atoms with Crippen LogP contribution in [0.15, 0.2) is 35.4 Å². The molecule has 8 heteroatoms. The van der Waals surface area contributed by atoms with Gasteiger partial charge in [0.25, 0.3) is 0 Å². The van der Waals surface area contributed by atoms with Gasteiger partial charge in [-0.2, -0.15) is 0 Å². The van der Waals surface area contributed by atoms with Crippen LogP contribution >= 0.6 is 0 Å². The molecule has 0 aliphatic carbocycles. The Morgan fingerprint density at radius 1 is 1.32 bits per heavy atom. The molecule has 0 amide bonds. The van der Waals surface area contributed by atoms with Crippen molar-refractivity contribution in [1.82, 2.24) is 4.91 Å². The molecule has 118 valence electrons. The molecule has 6 unspecified atom stereocenters. The highest BCUT2D eigenvalue weighted by atomic mass is 16.7. The smallest absolute Gasteiger partial charge is 0.214 e. The molecule has 1 aromatic rings. The molecule has 0 saturated carbocycles. The summed E-state index contributed by atoms with van der Waals surface area (Å²) in [5.41, 5.74) is 7.73. The normalized spacial score (nSPS) is 37.9. The van der Waals surface area contributed by atoms with Crippen LogP contribution in [-0.2, 0) is 18.9 Å². The number of nitrogens with zero attached hydrogens (tertiary/aromatic N) is 2. The molecule has 2 fully saturated rings. The van der Waals surface area contributed by atoms with E-state index in [1.54, 1.807) is 0 Å². The quantitative estimate of drug-likeness (QED) is 0.633. The van der Waals surface area contributed by atoms with E-state index in [1.807, 2.05) is 30.3 Å². The van der Waals surface area contributed by atoms with Gasteiger partial charge in [0.15, 0.2) is 12.6 Å². The largest absolute Gasteiger partial charge is 0.388 e. The van der Waals surface area contributed by atoms with Crippen LogP contribution in [-0.4, -0.2) is 49.5 Å². The Bertz CT molecular complexity index is 551. The lowest BCUT2D eigenvalue weighted by Gasteiger charge is -2.44. The van der Waals surface area contributed by atoms with E-state index in [1.165, 1.54) is 7.11 Å². The summed E-state index contributed by atoms with van der Waals surface area (Å²) in [5, 5.41) is 14.2. The SMILES string of the molecule is COC1OC2COC(c3ccccc3)OC2C(O)C1N=[N+]=N. The Morgan fingerprint density at radius 3 is 2.77 bits per heavy atom. The molecule has 1 aromatic carbocycles. The van der Waals surface area contributed by atoms with Crippen molar-refractivity contribution in [3.05, 3.63) is 35.9 Å². The van der Waals surface area contributed by atoms with E-state index >= 15 is 0 Å². The maximum Gasteiger partial charge on any atom is 0.214 e. The number of hydrogen-bond donors (Lipinski definition) is 2. The van der Waals surface area contributed by atoms with Gasteiger partial charge in [0, 0.05) is 12.7 Å². The van der Waals surface area contributed by atoms with Crippen molar-refractivity contribution >= 4 is 0 Å². The first-order valence-electron chi connectivity index (χ1n) is 6.99. The highest BCUT2D eigenvalue weighted by molar-refractivity contribution is 5.16. The molecule has 2 heterocycles. The Balaban J connectivity index is 1.79. The second-order valence-electron chi connectivity index (χ2n) is 5.15. The molecule has 2 saturated heterocycles. The van der Waals surface area contributed by atoms with E-state index in [4.69, 9.17) is 24.5 Å². The molecule has 22 heavy (non-hydrogen) atoms. The number of benzene rings is 1.